The van der Waals surface area contributed by atoms with Crippen LogP contribution in [-0.4, -0.2) is 19.7 Å². The fourth-order valence-corrected chi connectivity index (χ4v) is 1.63. The van der Waals surface area contributed by atoms with Gasteiger partial charge in [0.15, 0.2) is 11.6 Å². The van der Waals surface area contributed by atoms with Crippen molar-refractivity contribution in [3.05, 3.63) is 54.3 Å². The maximum atomic E-state index is 13.3. The SMILES string of the molecule is COc1ccc(OCCC(=O)Oc2ccccc2F)cc1. The highest BCUT2D eigenvalue weighted by Crippen LogP contribution is 2.18. The van der Waals surface area contributed by atoms with Gasteiger partial charge in [0, 0.05) is 0 Å². The molecule has 2 rings (SSSR count). The van der Waals surface area contributed by atoms with Gasteiger partial charge < -0.3 is 14.2 Å². The second kappa shape index (κ2) is 7.28. The van der Waals surface area contributed by atoms with Crippen LogP contribution in [0.4, 0.5) is 4.39 Å². The molecule has 0 N–H and O–H groups in total. The van der Waals surface area contributed by atoms with E-state index in [0.717, 1.165) is 5.75 Å². The van der Waals surface area contributed by atoms with Crippen LogP contribution in [0.5, 0.6) is 17.2 Å². The minimum Gasteiger partial charge on any atom is -0.497 e. The molecule has 110 valence electrons. The first-order chi connectivity index (χ1) is 10.2. The van der Waals surface area contributed by atoms with E-state index < -0.39 is 11.8 Å². The van der Waals surface area contributed by atoms with Gasteiger partial charge in [-0.05, 0) is 36.4 Å². The fraction of sp³-hybridized carbons (Fsp3) is 0.188. The molecular weight excluding hydrogens is 275 g/mol. The van der Waals surface area contributed by atoms with Crippen LogP contribution in [0.15, 0.2) is 48.5 Å². The normalized spacial score (nSPS) is 10.0. The zero-order valence-electron chi connectivity index (χ0n) is 11.5. The Balaban J connectivity index is 1.77. The lowest BCUT2D eigenvalue weighted by Gasteiger charge is -2.07. The summed E-state index contributed by atoms with van der Waals surface area (Å²) in [4.78, 5) is 11.6. The molecule has 0 aliphatic heterocycles. The smallest absolute Gasteiger partial charge is 0.314 e. The summed E-state index contributed by atoms with van der Waals surface area (Å²) < 4.78 is 28.6. The van der Waals surface area contributed by atoms with Gasteiger partial charge in [0.25, 0.3) is 0 Å². The maximum Gasteiger partial charge on any atom is 0.314 e. The summed E-state index contributed by atoms with van der Waals surface area (Å²) >= 11 is 0. The Morgan fingerprint density at radius 1 is 1.05 bits per heavy atom. The molecule has 0 saturated carbocycles. The molecule has 0 aliphatic rings. The van der Waals surface area contributed by atoms with Crippen molar-refractivity contribution in [3.8, 4) is 17.2 Å². The third-order valence-corrected chi connectivity index (χ3v) is 2.69. The van der Waals surface area contributed by atoms with Crippen molar-refractivity contribution in [2.45, 2.75) is 6.42 Å². The highest BCUT2D eigenvalue weighted by Gasteiger charge is 2.09. The van der Waals surface area contributed by atoms with Gasteiger partial charge in [-0.25, -0.2) is 4.39 Å². The van der Waals surface area contributed by atoms with Gasteiger partial charge in [-0.15, -0.1) is 0 Å². The van der Waals surface area contributed by atoms with Gasteiger partial charge in [0.1, 0.15) is 11.5 Å². The summed E-state index contributed by atoms with van der Waals surface area (Å²) in [6, 6.07) is 12.7. The number of hydrogen-bond donors (Lipinski definition) is 0. The van der Waals surface area contributed by atoms with E-state index in [1.165, 1.54) is 18.2 Å². The Hall–Kier alpha value is -2.56. The number of hydrogen-bond acceptors (Lipinski definition) is 4. The molecule has 0 fully saturated rings. The highest BCUT2D eigenvalue weighted by molar-refractivity contribution is 5.72. The maximum absolute atomic E-state index is 13.3. The number of carbonyl (C=O) groups is 1. The van der Waals surface area contributed by atoms with E-state index in [1.807, 2.05) is 0 Å². The molecule has 0 spiro atoms. The summed E-state index contributed by atoms with van der Waals surface area (Å²) in [5, 5.41) is 0. The predicted molar refractivity (Wildman–Crippen MR) is 75.1 cm³/mol. The van der Waals surface area contributed by atoms with Crippen LogP contribution in [-0.2, 0) is 4.79 Å². The number of para-hydroxylation sites is 1. The molecule has 5 heteroatoms. The first-order valence-corrected chi connectivity index (χ1v) is 6.41. The first-order valence-electron chi connectivity index (χ1n) is 6.41. The Morgan fingerprint density at radius 3 is 2.38 bits per heavy atom. The third-order valence-electron chi connectivity index (χ3n) is 2.69. The number of methoxy groups -OCH3 is 1. The summed E-state index contributed by atoms with van der Waals surface area (Å²) in [6.45, 7) is 0.152. The number of esters is 1. The number of halogens is 1. The zero-order chi connectivity index (χ0) is 15.1. The van der Waals surface area contributed by atoms with Gasteiger partial charge in [-0.3, -0.25) is 4.79 Å². The molecule has 0 heterocycles. The zero-order valence-corrected chi connectivity index (χ0v) is 11.5. The molecule has 0 aliphatic carbocycles. The molecule has 2 aromatic carbocycles. The van der Waals surface area contributed by atoms with E-state index in [1.54, 1.807) is 37.4 Å². The van der Waals surface area contributed by atoms with E-state index >= 15 is 0 Å². The van der Waals surface area contributed by atoms with Gasteiger partial charge in [0.2, 0.25) is 0 Å². The van der Waals surface area contributed by atoms with Gasteiger partial charge in [-0.1, -0.05) is 12.1 Å². The lowest BCUT2D eigenvalue weighted by molar-refractivity contribution is -0.135. The van der Waals surface area contributed by atoms with E-state index in [0.29, 0.717) is 5.75 Å². The van der Waals surface area contributed by atoms with Crippen molar-refractivity contribution >= 4 is 5.97 Å². The van der Waals surface area contributed by atoms with Crippen LogP contribution < -0.4 is 14.2 Å². The quantitative estimate of drug-likeness (QED) is 0.605. The van der Waals surface area contributed by atoms with E-state index in [4.69, 9.17) is 14.2 Å². The van der Waals surface area contributed by atoms with E-state index in [9.17, 15) is 9.18 Å². The second-order valence-electron chi connectivity index (χ2n) is 4.18. The van der Waals surface area contributed by atoms with Crippen molar-refractivity contribution in [1.29, 1.82) is 0 Å². The molecule has 0 bridgehead atoms. The highest BCUT2D eigenvalue weighted by atomic mass is 19.1. The Kier molecular flexibility index (Phi) is 5.15. The third kappa shape index (κ3) is 4.49. The molecule has 0 unspecified atom stereocenters. The van der Waals surface area contributed by atoms with Gasteiger partial charge in [-0.2, -0.15) is 0 Å². The molecule has 21 heavy (non-hydrogen) atoms. The Labute approximate surface area is 122 Å². The van der Waals surface area contributed by atoms with Crippen molar-refractivity contribution < 1.29 is 23.4 Å². The van der Waals surface area contributed by atoms with Gasteiger partial charge >= 0.3 is 5.97 Å². The predicted octanol–water partition coefficient (Wildman–Crippen LogP) is 3.21. The largest absolute Gasteiger partial charge is 0.497 e. The van der Waals surface area contributed by atoms with Crippen molar-refractivity contribution in [2.75, 3.05) is 13.7 Å². The van der Waals surface area contributed by atoms with Crippen LogP contribution in [0, 0.1) is 5.82 Å². The van der Waals surface area contributed by atoms with E-state index in [-0.39, 0.29) is 18.8 Å². The van der Waals surface area contributed by atoms with Crippen LogP contribution in [0.1, 0.15) is 6.42 Å². The van der Waals surface area contributed by atoms with Crippen LogP contribution in [0.3, 0.4) is 0 Å². The molecular formula is C16H15FO4. The average molecular weight is 290 g/mol. The topological polar surface area (TPSA) is 44.8 Å². The van der Waals surface area contributed by atoms with Crippen molar-refractivity contribution in [1.82, 2.24) is 0 Å². The molecule has 0 saturated heterocycles. The Bertz CT molecular complexity index is 595. The molecule has 0 radical (unpaired) electrons. The standard InChI is InChI=1S/C16H15FO4/c1-19-12-6-8-13(9-7-12)20-11-10-16(18)21-15-5-3-2-4-14(15)17/h2-9H,10-11H2,1H3. The lowest BCUT2D eigenvalue weighted by atomic mass is 10.3. The summed E-state index contributed by atoms with van der Waals surface area (Å²) in [5.41, 5.74) is 0. The monoisotopic (exact) mass is 290 g/mol. The lowest BCUT2D eigenvalue weighted by Crippen LogP contribution is -2.13. The summed E-state index contributed by atoms with van der Waals surface area (Å²) in [6.07, 6.45) is 0.0281. The Morgan fingerprint density at radius 2 is 1.71 bits per heavy atom. The van der Waals surface area contributed by atoms with Gasteiger partial charge in [0.05, 0.1) is 20.1 Å². The molecule has 0 atom stereocenters. The average Bonchev–Trinajstić information content (AvgIpc) is 2.50. The fourth-order valence-electron chi connectivity index (χ4n) is 1.63. The van der Waals surface area contributed by atoms with Crippen molar-refractivity contribution in [2.24, 2.45) is 0 Å². The molecule has 2 aromatic rings. The minimum atomic E-state index is -0.568. The van der Waals surface area contributed by atoms with Crippen LogP contribution in [0.2, 0.25) is 0 Å². The second-order valence-corrected chi connectivity index (χ2v) is 4.18. The number of carbonyl (C=O) groups excluding carboxylic acids is 1. The number of benzene rings is 2. The molecule has 4 nitrogen and oxygen atoms in total. The first kappa shape index (κ1) is 14.8. The molecule has 0 aromatic heterocycles. The molecule has 0 amide bonds. The van der Waals surface area contributed by atoms with Crippen LogP contribution >= 0.6 is 0 Å². The van der Waals surface area contributed by atoms with Crippen molar-refractivity contribution in [3.63, 3.8) is 0 Å². The number of rotatable bonds is 6. The summed E-state index contributed by atoms with van der Waals surface area (Å²) in [7, 11) is 1.58. The summed E-state index contributed by atoms with van der Waals surface area (Å²) in [5.74, 6) is 0.151. The minimum absolute atomic E-state index is 0.0281. The number of ether oxygens (including phenoxy) is 3. The van der Waals surface area contributed by atoms with E-state index in [2.05, 4.69) is 0 Å². The van der Waals surface area contributed by atoms with Crippen LogP contribution in [0.25, 0.3) is 0 Å².